The summed E-state index contributed by atoms with van der Waals surface area (Å²) in [7, 11) is 0. The zero-order valence-corrected chi connectivity index (χ0v) is 11.4. The lowest BCUT2D eigenvalue weighted by Gasteiger charge is -1.98. The van der Waals surface area contributed by atoms with Crippen molar-refractivity contribution in [3.05, 3.63) is 41.3 Å². The summed E-state index contributed by atoms with van der Waals surface area (Å²) in [4.78, 5) is 0. The Hall–Kier alpha value is -1.79. The number of benzene rings is 1. The van der Waals surface area contributed by atoms with Crippen LogP contribution < -0.4 is 4.57 Å². The number of imidazole rings is 1. The minimum absolute atomic E-state index is 0.557. The van der Waals surface area contributed by atoms with Crippen molar-refractivity contribution in [2.75, 3.05) is 0 Å². The number of halogens is 1. The molecule has 1 aromatic carbocycles. The standard InChI is InChI=1S/C15H15ClN3/c16-13-6-4-12(5-7-13)14-11-18(9-2-8-17)15-3-1-10-19(14)15/h4-7,11H,1-3,9-10H2/q+1. The van der Waals surface area contributed by atoms with Gasteiger partial charge in [-0.1, -0.05) is 11.6 Å². The molecule has 0 aliphatic carbocycles. The van der Waals surface area contributed by atoms with Crippen molar-refractivity contribution >= 4 is 11.6 Å². The first-order valence-corrected chi connectivity index (χ1v) is 6.92. The lowest BCUT2D eigenvalue weighted by Crippen LogP contribution is -2.35. The number of hydrogen-bond acceptors (Lipinski definition) is 1. The van der Waals surface area contributed by atoms with Crippen LogP contribution in [0.25, 0.3) is 11.3 Å². The summed E-state index contributed by atoms with van der Waals surface area (Å²) in [5, 5.41) is 9.50. The minimum Gasteiger partial charge on any atom is -0.232 e. The first-order valence-electron chi connectivity index (χ1n) is 6.54. The first-order chi connectivity index (χ1) is 9.29. The van der Waals surface area contributed by atoms with Crippen LogP contribution in [-0.4, -0.2) is 4.57 Å². The molecule has 0 fully saturated rings. The lowest BCUT2D eigenvalue weighted by atomic mass is 10.2. The average Bonchev–Trinajstić information content (AvgIpc) is 3.00. The molecule has 0 saturated carbocycles. The van der Waals surface area contributed by atoms with E-state index in [4.69, 9.17) is 16.9 Å². The molecule has 0 N–H and O–H groups in total. The van der Waals surface area contributed by atoms with Crippen molar-refractivity contribution in [3.63, 3.8) is 0 Å². The molecule has 1 aliphatic rings. The van der Waals surface area contributed by atoms with Crippen LogP contribution in [-0.2, 0) is 19.5 Å². The quantitative estimate of drug-likeness (QED) is 0.791. The van der Waals surface area contributed by atoms with Gasteiger partial charge in [-0.3, -0.25) is 0 Å². The van der Waals surface area contributed by atoms with E-state index in [-0.39, 0.29) is 0 Å². The summed E-state index contributed by atoms with van der Waals surface area (Å²) < 4.78 is 4.58. The molecule has 96 valence electrons. The van der Waals surface area contributed by atoms with Crippen molar-refractivity contribution in [3.8, 4) is 17.3 Å². The Labute approximate surface area is 117 Å². The number of aryl methyl sites for hydroxylation is 1. The molecular formula is C15H15ClN3+. The van der Waals surface area contributed by atoms with Gasteiger partial charge in [0.25, 0.3) is 5.82 Å². The van der Waals surface area contributed by atoms with Crippen molar-refractivity contribution in [2.24, 2.45) is 0 Å². The molecular weight excluding hydrogens is 258 g/mol. The van der Waals surface area contributed by atoms with Crippen LogP contribution in [0.5, 0.6) is 0 Å². The molecule has 2 heterocycles. The highest BCUT2D eigenvalue weighted by molar-refractivity contribution is 6.30. The van der Waals surface area contributed by atoms with E-state index in [0.29, 0.717) is 6.42 Å². The van der Waals surface area contributed by atoms with Crippen LogP contribution in [0.1, 0.15) is 18.7 Å². The summed E-state index contributed by atoms with van der Waals surface area (Å²) in [6, 6.07) is 10.2. The van der Waals surface area contributed by atoms with Crippen molar-refractivity contribution in [1.82, 2.24) is 4.57 Å². The fourth-order valence-electron chi connectivity index (χ4n) is 2.72. The fraction of sp³-hybridized carbons (Fsp3) is 0.333. The minimum atomic E-state index is 0.557. The highest BCUT2D eigenvalue weighted by atomic mass is 35.5. The van der Waals surface area contributed by atoms with Gasteiger partial charge in [0.2, 0.25) is 0 Å². The van der Waals surface area contributed by atoms with Crippen LogP contribution in [0, 0.1) is 11.3 Å². The second-order valence-corrected chi connectivity index (χ2v) is 5.23. The Balaban J connectivity index is 2.02. The fourth-order valence-corrected chi connectivity index (χ4v) is 2.85. The lowest BCUT2D eigenvalue weighted by molar-refractivity contribution is -0.701. The van der Waals surface area contributed by atoms with Gasteiger partial charge in [0, 0.05) is 10.6 Å². The highest BCUT2D eigenvalue weighted by Gasteiger charge is 2.28. The van der Waals surface area contributed by atoms with Crippen molar-refractivity contribution < 1.29 is 4.57 Å². The molecule has 0 amide bonds. The summed E-state index contributed by atoms with van der Waals surface area (Å²) >= 11 is 5.94. The predicted octanol–water partition coefficient (Wildman–Crippen LogP) is 2.96. The Morgan fingerprint density at radius 2 is 2.11 bits per heavy atom. The van der Waals surface area contributed by atoms with Gasteiger partial charge in [-0.2, -0.15) is 5.26 Å². The number of fused-ring (bicyclic) bond motifs is 1. The van der Waals surface area contributed by atoms with E-state index in [1.165, 1.54) is 23.5 Å². The zero-order chi connectivity index (χ0) is 13.2. The maximum atomic E-state index is 8.75. The monoisotopic (exact) mass is 272 g/mol. The smallest absolute Gasteiger partial charge is 0.232 e. The first kappa shape index (κ1) is 12.3. The maximum Gasteiger partial charge on any atom is 0.257 e. The van der Waals surface area contributed by atoms with Crippen LogP contribution in [0.3, 0.4) is 0 Å². The van der Waals surface area contributed by atoms with Gasteiger partial charge in [-0.15, -0.1) is 0 Å². The number of hydrogen-bond donors (Lipinski definition) is 0. The normalized spacial score (nSPS) is 13.3. The SMILES string of the molecule is N#CCC[n+]1cc(-c2ccc(Cl)cc2)n2c1CCC2. The second-order valence-electron chi connectivity index (χ2n) is 4.79. The van der Waals surface area contributed by atoms with Crippen LogP contribution in [0.4, 0.5) is 0 Å². The molecule has 3 rings (SSSR count). The van der Waals surface area contributed by atoms with E-state index < -0.39 is 0 Å². The molecule has 1 aliphatic heterocycles. The molecule has 0 bridgehead atoms. The van der Waals surface area contributed by atoms with Gasteiger partial charge >= 0.3 is 0 Å². The van der Waals surface area contributed by atoms with E-state index in [1.807, 2.05) is 12.1 Å². The van der Waals surface area contributed by atoms with Gasteiger partial charge < -0.3 is 0 Å². The third-order valence-electron chi connectivity index (χ3n) is 3.60. The molecule has 4 heteroatoms. The number of nitrogens with zero attached hydrogens (tertiary/aromatic N) is 3. The van der Waals surface area contributed by atoms with Crippen molar-refractivity contribution in [1.29, 1.82) is 5.26 Å². The molecule has 3 nitrogen and oxygen atoms in total. The molecule has 0 spiro atoms. The topological polar surface area (TPSA) is 32.6 Å². The Kier molecular flexibility index (Phi) is 3.27. The molecule has 0 radical (unpaired) electrons. The van der Waals surface area contributed by atoms with Gasteiger partial charge in [0.1, 0.15) is 12.7 Å². The molecule has 19 heavy (non-hydrogen) atoms. The van der Waals surface area contributed by atoms with Gasteiger partial charge in [0.15, 0.2) is 5.69 Å². The summed E-state index contributed by atoms with van der Waals surface area (Å²) in [6.45, 7) is 1.84. The van der Waals surface area contributed by atoms with Gasteiger partial charge in [-0.05, 0) is 30.7 Å². The Morgan fingerprint density at radius 1 is 1.32 bits per heavy atom. The summed E-state index contributed by atoms with van der Waals surface area (Å²) in [5.74, 6) is 1.33. The third-order valence-corrected chi connectivity index (χ3v) is 3.85. The van der Waals surface area contributed by atoms with Crippen molar-refractivity contribution in [2.45, 2.75) is 32.4 Å². The van der Waals surface area contributed by atoms with Crippen LogP contribution in [0.2, 0.25) is 5.02 Å². The summed E-state index contributed by atoms with van der Waals surface area (Å²) in [5.41, 5.74) is 2.41. The average molecular weight is 273 g/mol. The maximum absolute atomic E-state index is 8.75. The van der Waals surface area contributed by atoms with E-state index in [9.17, 15) is 0 Å². The molecule has 0 atom stereocenters. The number of nitriles is 1. The van der Waals surface area contributed by atoms with Gasteiger partial charge in [0.05, 0.1) is 25.5 Å². The van der Waals surface area contributed by atoms with Crippen LogP contribution in [0.15, 0.2) is 30.5 Å². The molecule has 0 saturated heterocycles. The van der Waals surface area contributed by atoms with E-state index in [1.54, 1.807) is 0 Å². The second kappa shape index (κ2) is 5.07. The predicted molar refractivity (Wildman–Crippen MR) is 73.6 cm³/mol. The van der Waals surface area contributed by atoms with E-state index >= 15 is 0 Å². The Bertz CT molecular complexity index is 635. The third kappa shape index (κ3) is 2.24. The van der Waals surface area contributed by atoms with E-state index in [0.717, 1.165) is 24.5 Å². The molecule has 2 aromatic rings. The Morgan fingerprint density at radius 3 is 2.84 bits per heavy atom. The number of rotatable bonds is 3. The molecule has 0 unspecified atom stereocenters. The van der Waals surface area contributed by atoms with E-state index in [2.05, 4.69) is 33.5 Å². The molecule has 1 aromatic heterocycles. The number of aromatic nitrogens is 2. The zero-order valence-electron chi connectivity index (χ0n) is 10.6. The summed E-state index contributed by atoms with van der Waals surface area (Å²) in [6.07, 6.45) is 5.00. The van der Waals surface area contributed by atoms with Crippen LogP contribution >= 0.6 is 11.6 Å². The largest absolute Gasteiger partial charge is 0.257 e. The highest BCUT2D eigenvalue weighted by Crippen LogP contribution is 2.25. The van der Waals surface area contributed by atoms with Gasteiger partial charge in [-0.25, -0.2) is 9.13 Å².